The van der Waals surface area contributed by atoms with Crippen LogP contribution in [0.4, 0.5) is 0 Å². The lowest BCUT2D eigenvalue weighted by Gasteiger charge is -2.33. The molecule has 106 valence electrons. The van der Waals surface area contributed by atoms with Crippen LogP contribution in [0.1, 0.15) is 30.9 Å². The summed E-state index contributed by atoms with van der Waals surface area (Å²) < 4.78 is 0.971. The molecule has 1 aliphatic heterocycles. The molecule has 2 rings (SSSR count). The summed E-state index contributed by atoms with van der Waals surface area (Å²) >= 11 is 3.52. The van der Waals surface area contributed by atoms with Crippen LogP contribution in [0.2, 0.25) is 0 Å². The highest BCUT2D eigenvalue weighted by Crippen LogP contribution is 2.22. The summed E-state index contributed by atoms with van der Waals surface area (Å²) in [6.45, 7) is 4.33. The van der Waals surface area contributed by atoms with Crippen LogP contribution < -0.4 is 5.32 Å². The topological polar surface area (TPSA) is 56.1 Å². The van der Waals surface area contributed by atoms with Gasteiger partial charge in [-0.05, 0) is 37.1 Å². The Hall–Kier alpha value is -1.38. The normalized spacial score (nSPS) is 19.4. The molecule has 1 N–H and O–H groups in total. The Morgan fingerprint density at radius 1 is 1.60 bits per heavy atom. The predicted octanol–water partition coefficient (Wildman–Crippen LogP) is 2.42. The van der Waals surface area contributed by atoms with Crippen LogP contribution >= 0.6 is 15.9 Å². The Morgan fingerprint density at radius 3 is 3.05 bits per heavy atom. The number of piperidine rings is 1. The maximum Gasteiger partial charge on any atom is 0.217 e. The summed E-state index contributed by atoms with van der Waals surface area (Å²) in [6, 6.07) is 8.07. The number of nitrogens with zero attached hydrogens (tertiary/aromatic N) is 2. The fourth-order valence-electron chi connectivity index (χ4n) is 2.59. The van der Waals surface area contributed by atoms with Gasteiger partial charge in [-0.3, -0.25) is 9.69 Å². The van der Waals surface area contributed by atoms with Crippen LogP contribution in [0, 0.1) is 11.3 Å². The van der Waals surface area contributed by atoms with Gasteiger partial charge in [-0.1, -0.05) is 22.0 Å². The molecule has 1 amide bonds. The number of hydrogen-bond donors (Lipinski definition) is 1. The van der Waals surface area contributed by atoms with Crippen LogP contribution in [0.5, 0.6) is 0 Å². The van der Waals surface area contributed by atoms with Gasteiger partial charge in [0, 0.05) is 30.5 Å². The zero-order valence-corrected chi connectivity index (χ0v) is 13.1. The highest BCUT2D eigenvalue weighted by Gasteiger charge is 2.20. The zero-order valence-electron chi connectivity index (χ0n) is 11.5. The van der Waals surface area contributed by atoms with Gasteiger partial charge in [-0.2, -0.15) is 5.26 Å². The molecule has 1 fully saturated rings. The maximum atomic E-state index is 11.1. The van der Waals surface area contributed by atoms with Gasteiger partial charge in [0.1, 0.15) is 0 Å². The summed E-state index contributed by atoms with van der Waals surface area (Å²) in [4.78, 5) is 13.5. The van der Waals surface area contributed by atoms with Gasteiger partial charge in [0.25, 0.3) is 0 Å². The summed E-state index contributed by atoms with van der Waals surface area (Å²) in [5.74, 6) is 0.0383. The van der Waals surface area contributed by atoms with E-state index in [-0.39, 0.29) is 11.9 Å². The lowest BCUT2D eigenvalue weighted by Crippen LogP contribution is -2.46. The molecule has 0 bridgehead atoms. The average molecular weight is 336 g/mol. The molecule has 5 heteroatoms. The molecule has 1 saturated heterocycles. The molecule has 0 aromatic heterocycles. The predicted molar refractivity (Wildman–Crippen MR) is 81.0 cm³/mol. The molecule has 0 unspecified atom stereocenters. The summed E-state index contributed by atoms with van der Waals surface area (Å²) in [6.07, 6.45) is 2.14. The third-order valence-corrected chi connectivity index (χ3v) is 4.23. The molecule has 0 saturated carbocycles. The number of halogens is 1. The average Bonchev–Trinajstić information content (AvgIpc) is 2.41. The number of carbonyl (C=O) groups excluding carboxylic acids is 1. The minimum atomic E-state index is 0.0383. The molecule has 0 spiro atoms. The second kappa shape index (κ2) is 6.87. The standard InChI is InChI=1S/C15H18BrN3O/c1-11(20)18-14-3-2-6-19(10-14)9-13-5-4-12(8-17)7-15(13)16/h4-5,7,14H,2-3,6,9-10H2,1H3,(H,18,20)/t14-/m1/s1. The number of amides is 1. The van der Waals surface area contributed by atoms with E-state index in [2.05, 4.69) is 32.2 Å². The minimum Gasteiger partial charge on any atom is -0.352 e. The molecule has 4 nitrogen and oxygen atoms in total. The summed E-state index contributed by atoms with van der Waals surface area (Å²) in [5, 5.41) is 11.9. The van der Waals surface area contributed by atoms with E-state index in [4.69, 9.17) is 5.26 Å². The third-order valence-electron chi connectivity index (χ3n) is 3.49. The number of benzene rings is 1. The number of likely N-dealkylation sites (tertiary alicyclic amines) is 1. The second-order valence-corrected chi connectivity index (χ2v) is 6.05. The van der Waals surface area contributed by atoms with E-state index < -0.39 is 0 Å². The quantitative estimate of drug-likeness (QED) is 0.922. The number of hydrogen-bond acceptors (Lipinski definition) is 3. The van der Waals surface area contributed by atoms with Crippen molar-refractivity contribution in [1.82, 2.24) is 10.2 Å². The van der Waals surface area contributed by atoms with E-state index >= 15 is 0 Å². The molecule has 20 heavy (non-hydrogen) atoms. The highest BCUT2D eigenvalue weighted by molar-refractivity contribution is 9.10. The lowest BCUT2D eigenvalue weighted by molar-refractivity contribution is -0.120. The molecular weight excluding hydrogens is 318 g/mol. The minimum absolute atomic E-state index is 0.0383. The summed E-state index contributed by atoms with van der Waals surface area (Å²) in [7, 11) is 0. The van der Waals surface area contributed by atoms with Crippen molar-refractivity contribution in [1.29, 1.82) is 5.26 Å². The first-order valence-corrected chi connectivity index (χ1v) is 7.56. The van der Waals surface area contributed by atoms with Crippen LogP contribution in [-0.4, -0.2) is 29.9 Å². The van der Waals surface area contributed by atoms with E-state index in [1.807, 2.05) is 18.2 Å². The molecular formula is C15H18BrN3O. The smallest absolute Gasteiger partial charge is 0.217 e. The van der Waals surface area contributed by atoms with Crippen molar-refractivity contribution in [3.05, 3.63) is 33.8 Å². The molecule has 1 aromatic carbocycles. The zero-order chi connectivity index (χ0) is 14.5. The number of rotatable bonds is 3. The van der Waals surface area contributed by atoms with Gasteiger partial charge in [0.05, 0.1) is 11.6 Å². The second-order valence-electron chi connectivity index (χ2n) is 5.19. The Bertz CT molecular complexity index is 538. The van der Waals surface area contributed by atoms with Crippen LogP contribution in [0.15, 0.2) is 22.7 Å². The van der Waals surface area contributed by atoms with Crippen LogP contribution in [-0.2, 0) is 11.3 Å². The first kappa shape index (κ1) is 15.0. The van der Waals surface area contributed by atoms with E-state index in [1.165, 1.54) is 5.56 Å². The van der Waals surface area contributed by atoms with Gasteiger partial charge in [-0.15, -0.1) is 0 Å². The largest absolute Gasteiger partial charge is 0.352 e. The molecule has 1 heterocycles. The van der Waals surface area contributed by atoms with E-state index in [9.17, 15) is 4.79 Å². The van der Waals surface area contributed by atoms with Crippen molar-refractivity contribution in [3.8, 4) is 6.07 Å². The molecule has 1 atom stereocenters. The van der Waals surface area contributed by atoms with Gasteiger partial charge >= 0.3 is 0 Å². The SMILES string of the molecule is CC(=O)N[C@@H]1CCCN(Cc2ccc(C#N)cc2Br)C1. The Balaban J connectivity index is 1.99. The first-order chi connectivity index (χ1) is 9.58. The fraction of sp³-hybridized carbons (Fsp3) is 0.467. The maximum absolute atomic E-state index is 11.1. The Morgan fingerprint density at radius 2 is 2.40 bits per heavy atom. The monoisotopic (exact) mass is 335 g/mol. The molecule has 0 radical (unpaired) electrons. The van der Waals surface area contributed by atoms with Crippen molar-refractivity contribution in [3.63, 3.8) is 0 Å². The van der Waals surface area contributed by atoms with Gasteiger partial charge in [0.15, 0.2) is 0 Å². The third kappa shape index (κ3) is 4.06. The van der Waals surface area contributed by atoms with Gasteiger partial charge in [0.2, 0.25) is 5.91 Å². The molecule has 0 aliphatic carbocycles. The van der Waals surface area contributed by atoms with E-state index in [0.717, 1.165) is 36.9 Å². The Kier molecular flexibility index (Phi) is 5.16. The Labute approximate surface area is 127 Å². The van der Waals surface area contributed by atoms with Crippen molar-refractivity contribution >= 4 is 21.8 Å². The fourth-order valence-corrected chi connectivity index (χ4v) is 3.09. The highest BCUT2D eigenvalue weighted by atomic mass is 79.9. The van der Waals surface area contributed by atoms with Crippen molar-refractivity contribution < 1.29 is 4.79 Å². The number of nitrogens with one attached hydrogen (secondary N) is 1. The number of nitriles is 1. The summed E-state index contributed by atoms with van der Waals surface area (Å²) in [5.41, 5.74) is 1.84. The first-order valence-electron chi connectivity index (χ1n) is 6.76. The van der Waals surface area contributed by atoms with Crippen LogP contribution in [0.25, 0.3) is 0 Å². The van der Waals surface area contributed by atoms with Crippen LogP contribution in [0.3, 0.4) is 0 Å². The van der Waals surface area contributed by atoms with Crippen molar-refractivity contribution in [2.24, 2.45) is 0 Å². The van der Waals surface area contributed by atoms with Crippen molar-refractivity contribution in [2.45, 2.75) is 32.4 Å². The lowest BCUT2D eigenvalue weighted by atomic mass is 10.0. The number of carbonyl (C=O) groups is 1. The van der Waals surface area contributed by atoms with Crippen molar-refractivity contribution in [2.75, 3.05) is 13.1 Å². The molecule has 1 aliphatic rings. The molecule has 1 aromatic rings. The van der Waals surface area contributed by atoms with Gasteiger partial charge < -0.3 is 5.32 Å². The van der Waals surface area contributed by atoms with E-state index in [1.54, 1.807) is 6.92 Å². The van der Waals surface area contributed by atoms with E-state index in [0.29, 0.717) is 5.56 Å². The van der Waals surface area contributed by atoms with Gasteiger partial charge in [-0.25, -0.2) is 0 Å².